The largest absolute Gasteiger partial charge is 0.397 e. The summed E-state index contributed by atoms with van der Waals surface area (Å²) in [5.74, 6) is 0.773. The maximum Gasteiger partial charge on any atom is 0.234 e. The average molecular weight is 232 g/mol. The maximum atomic E-state index is 5.67. The van der Waals surface area contributed by atoms with Gasteiger partial charge in [0, 0.05) is 18.0 Å². The molecule has 0 radical (unpaired) electrons. The van der Waals surface area contributed by atoms with E-state index in [0.29, 0.717) is 5.69 Å². The van der Waals surface area contributed by atoms with Crippen molar-refractivity contribution in [3.63, 3.8) is 0 Å². The van der Waals surface area contributed by atoms with E-state index in [1.54, 1.807) is 16.9 Å². The fourth-order valence-corrected chi connectivity index (χ4v) is 2.27. The number of rotatable bonds is 1. The molecule has 80 valence electrons. The lowest BCUT2D eigenvalue weighted by atomic mass is 10.3. The second-order valence-electron chi connectivity index (χ2n) is 3.36. The Morgan fingerprint density at radius 3 is 2.94 bits per heavy atom. The molecule has 2 N–H and O–H groups in total. The maximum absolute atomic E-state index is 5.67. The fourth-order valence-electron chi connectivity index (χ4n) is 1.41. The van der Waals surface area contributed by atoms with E-state index in [-0.39, 0.29) is 0 Å². The van der Waals surface area contributed by atoms with Crippen LogP contribution in [0.3, 0.4) is 0 Å². The molecule has 3 rings (SSSR count). The summed E-state index contributed by atoms with van der Waals surface area (Å²) in [4.78, 5) is 4.81. The highest BCUT2D eigenvalue weighted by molar-refractivity contribution is 7.19. The van der Waals surface area contributed by atoms with Gasteiger partial charge in [0.15, 0.2) is 5.82 Å². The van der Waals surface area contributed by atoms with Gasteiger partial charge < -0.3 is 5.73 Å². The molecule has 0 aliphatic rings. The number of nitrogen functional groups attached to an aromatic ring is 1. The van der Waals surface area contributed by atoms with E-state index in [0.717, 1.165) is 21.4 Å². The third kappa shape index (κ3) is 1.33. The van der Waals surface area contributed by atoms with Crippen LogP contribution in [0.4, 0.5) is 5.69 Å². The van der Waals surface area contributed by atoms with Crippen LogP contribution in [0.2, 0.25) is 0 Å². The second-order valence-corrected chi connectivity index (χ2v) is 4.31. The zero-order chi connectivity index (χ0) is 11.1. The molecule has 0 bridgehead atoms. The van der Waals surface area contributed by atoms with Crippen LogP contribution in [0.1, 0.15) is 5.82 Å². The molecule has 0 saturated carbocycles. The minimum Gasteiger partial charge on any atom is -0.397 e. The Morgan fingerprint density at radius 2 is 2.19 bits per heavy atom. The number of nitrogens with zero attached hydrogens (tertiary/aromatic N) is 5. The van der Waals surface area contributed by atoms with E-state index in [2.05, 4.69) is 20.3 Å². The van der Waals surface area contributed by atoms with Crippen molar-refractivity contribution in [1.29, 1.82) is 0 Å². The molecule has 0 atom stereocenters. The van der Waals surface area contributed by atoms with E-state index < -0.39 is 0 Å². The number of hydrogen-bond donors (Lipinski definition) is 1. The normalized spacial score (nSPS) is 11.1. The van der Waals surface area contributed by atoms with Crippen LogP contribution in [0.25, 0.3) is 15.5 Å². The molecule has 16 heavy (non-hydrogen) atoms. The van der Waals surface area contributed by atoms with Gasteiger partial charge in [-0.15, -0.1) is 10.2 Å². The van der Waals surface area contributed by atoms with Gasteiger partial charge in [0.2, 0.25) is 4.96 Å². The van der Waals surface area contributed by atoms with Crippen LogP contribution in [0, 0.1) is 6.92 Å². The van der Waals surface area contributed by atoms with E-state index in [9.17, 15) is 0 Å². The van der Waals surface area contributed by atoms with Crippen LogP contribution in [-0.2, 0) is 0 Å². The molecular formula is C9H8N6S. The number of anilines is 1. The Bertz CT molecular complexity index is 655. The Labute approximate surface area is 94.8 Å². The standard InChI is InChI=1S/C9H8N6S/c1-5-12-13-9-15(5)14-8(16-9)6-2-7(10)4-11-3-6/h2-4H,10H2,1H3. The highest BCUT2D eigenvalue weighted by Gasteiger charge is 2.10. The first-order valence-electron chi connectivity index (χ1n) is 4.64. The smallest absolute Gasteiger partial charge is 0.234 e. The van der Waals surface area contributed by atoms with Crippen molar-refractivity contribution in [2.45, 2.75) is 6.92 Å². The summed E-state index contributed by atoms with van der Waals surface area (Å²) in [6.45, 7) is 1.86. The lowest BCUT2D eigenvalue weighted by molar-refractivity contribution is 0.897. The SMILES string of the molecule is Cc1nnc2sc(-c3cncc(N)c3)nn12. The first-order valence-corrected chi connectivity index (χ1v) is 5.45. The van der Waals surface area contributed by atoms with Gasteiger partial charge >= 0.3 is 0 Å². The van der Waals surface area contributed by atoms with Gasteiger partial charge in [-0.25, -0.2) is 0 Å². The van der Waals surface area contributed by atoms with Crippen LogP contribution in [0.5, 0.6) is 0 Å². The minimum absolute atomic E-state index is 0.625. The summed E-state index contributed by atoms with van der Waals surface area (Å²) >= 11 is 1.46. The van der Waals surface area contributed by atoms with Crippen molar-refractivity contribution in [2.75, 3.05) is 5.73 Å². The van der Waals surface area contributed by atoms with Gasteiger partial charge in [0.25, 0.3) is 0 Å². The van der Waals surface area contributed by atoms with Crippen LogP contribution >= 0.6 is 11.3 Å². The number of pyridine rings is 1. The number of hydrogen-bond acceptors (Lipinski definition) is 6. The van der Waals surface area contributed by atoms with Gasteiger partial charge in [0.1, 0.15) is 5.01 Å². The van der Waals surface area contributed by atoms with Crippen LogP contribution in [0.15, 0.2) is 18.5 Å². The van der Waals surface area contributed by atoms with Gasteiger partial charge in [0.05, 0.1) is 5.69 Å². The van der Waals surface area contributed by atoms with E-state index in [1.807, 2.05) is 13.0 Å². The summed E-state index contributed by atoms with van der Waals surface area (Å²) in [7, 11) is 0. The first-order chi connectivity index (χ1) is 7.74. The molecule has 6 nitrogen and oxygen atoms in total. The Balaban J connectivity index is 2.19. The predicted molar refractivity (Wildman–Crippen MR) is 61.0 cm³/mol. The number of aryl methyl sites for hydroxylation is 1. The molecule has 0 fully saturated rings. The van der Waals surface area contributed by atoms with Crippen molar-refractivity contribution in [3.05, 3.63) is 24.3 Å². The molecule has 0 spiro atoms. The molecule has 0 aliphatic carbocycles. The van der Waals surface area contributed by atoms with E-state index >= 15 is 0 Å². The fraction of sp³-hybridized carbons (Fsp3) is 0.111. The summed E-state index contributed by atoms with van der Waals surface area (Å²) in [6.07, 6.45) is 3.34. The van der Waals surface area contributed by atoms with Crippen molar-refractivity contribution in [1.82, 2.24) is 24.8 Å². The molecule has 0 aliphatic heterocycles. The molecule has 7 heteroatoms. The van der Waals surface area contributed by atoms with Gasteiger partial charge in [-0.1, -0.05) is 11.3 Å². The third-order valence-corrected chi connectivity index (χ3v) is 3.10. The first kappa shape index (κ1) is 9.22. The Morgan fingerprint density at radius 1 is 1.31 bits per heavy atom. The Kier molecular flexibility index (Phi) is 1.87. The highest BCUT2D eigenvalue weighted by atomic mass is 32.1. The molecule has 0 saturated heterocycles. The van der Waals surface area contributed by atoms with E-state index in [1.165, 1.54) is 11.3 Å². The monoisotopic (exact) mass is 232 g/mol. The van der Waals surface area contributed by atoms with Crippen molar-refractivity contribution in [2.24, 2.45) is 0 Å². The van der Waals surface area contributed by atoms with Crippen LogP contribution < -0.4 is 5.73 Å². The molecule has 3 heterocycles. The summed E-state index contributed by atoms with van der Waals surface area (Å²) in [5, 5.41) is 13.2. The van der Waals surface area contributed by atoms with Gasteiger partial charge in [-0.2, -0.15) is 9.61 Å². The molecular weight excluding hydrogens is 224 g/mol. The molecule has 0 aromatic carbocycles. The summed E-state index contributed by atoms with van der Waals surface area (Å²) in [6, 6.07) is 1.84. The van der Waals surface area contributed by atoms with Crippen molar-refractivity contribution >= 4 is 22.0 Å². The number of nitrogens with two attached hydrogens (primary N) is 1. The molecule has 3 aromatic rings. The topological polar surface area (TPSA) is 82.0 Å². The Hall–Kier alpha value is -2.02. The van der Waals surface area contributed by atoms with Crippen molar-refractivity contribution < 1.29 is 0 Å². The quantitative estimate of drug-likeness (QED) is 0.680. The molecule has 0 unspecified atom stereocenters. The summed E-state index contributed by atoms with van der Waals surface area (Å²) in [5.41, 5.74) is 7.20. The minimum atomic E-state index is 0.625. The number of fused-ring (bicyclic) bond motifs is 1. The van der Waals surface area contributed by atoms with Gasteiger partial charge in [-0.05, 0) is 13.0 Å². The molecule has 3 aromatic heterocycles. The van der Waals surface area contributed by atoms with E-state index in [4.69, 9.17) is 5.73 Å². The summed E-state index contributed by atoms with van der Waals surface area (Å²) < 4.78 is 1.71. The zero-order valence-corrected chi connectivity index (χ0v) is 9.27. The molecule has 0 amide bonds. The highest BCUT2D eigenvalue weighted by Crippen LogP contribution is 2.25. The lowest BCUT2D eigenvalue weighted by Crippen LogP contribution is -1.90. The zero-order valence-electron chi connectivity index (χ0n) is 8.45. The number of aromatic nitrogens is 5. The lowest BCUT2D eigenvalue weighted by Gasteiger charge is -1.95. The second kappa shape index (κ2) is 3.24. The van der Waals surface area contributed by atoms with Crippen molar-refractivity contribution in [3.8, 4) is 10.6 Å². The van der Waals surface area contributed by atoms with Crippen LogP contribution in [-0.4, -0.2) is 24.8 Å². The predicted octanol–water partition coefficient (Wildman–Crippen LogP) is 1.14. The van der Waals surface area contributed by atoms with Gasteiger partial charge in [-0.3, -0.25) is 4.98 Å². The third-order valence-electron chi connectivity index (χ3n) is 2.15. The average Bonchev–Trinajstić information content (AvgIpc) is 2.81.